The van der Waals surface area contributed by atoms with E-state index in [1.54, 1.807) is 0 Å². The largest absolute Gasteiger partial charge is 0.393 e. The molecule has 1 amide bonds. The van der Waals surface area contributed by atoms with Gasteiger partial charge < -0.3 is 10.4 Å². The zero-order chi connectivity index (χ0) is 12.8. The van der Waals surface area contributed by atoms with Crippen LogP contribution >= 0.6 is 0 Å². The summed E-state index contributed by atoms with van der Waals surface area (Å²) in [5, 5.41) is 12.4. The van der Waals surface area contributed by atoms with Gasteiger partial charge in [0.25, 0.3) is 0 Å². The summed E-state index contributed by atoms with van der Waals surface area (Å²) >= 11 is 0. The highest BCUT2D eigenvalue weighted by atomic mass is 16.3. The number of carbonyl (C=O) groups is 1. The molecule has 3 unspecified atom stereocenters. The zero-order valence-electron chi connectivity index (χ0n) is 11.4. The summed E-state index contributed by atoms with van der Waals surface area (Å²) in [4.78, 5) is 12.0. The number of aliphatic hydroxyl groups excluding tert-OH is 1. The van der Waals surface area contributed by atoms with Crippen LogP contribution < -0.4 is 5.32 Å². The standard InChI is InChI=1S/C14H27NO2/c1-4-13(16)5-6-15-14(17)12-8-10(2)7-11(3)9-12/h10-13,16H,4-9H2,1-3H3,(H,15,17). The summed E-state index contributed by atoms with van der Waals surface area (Å²) in [6.45, 7) is 7.03. The number of hydrogen-bond acceptors (Lipinski definition) is 2. The summed E-state index contributed by atoms with van der Waals surface area (Å²) < 4.78 is 0. The van der Waals surface area contributed by atoms with Gasteiger partial charge in [-0.25, -0.2) is 0 Å². The Morgan fingerprint density at radius 1 is 1.29 bits per heavy atom. The Morgan fingerprint density at radius 2 is 1.88 bits per heavy atom. The quantitative estimate of drug-likeness (QED) is 0.776. The summed E-state index contributed by atoms with van der Waals surface area (Å²) in [7, 11) is 0. The minimum atomic E-state index is -0.278. The van der Waals surface area contributed by atoms with Gasteiger partial charge in [-0.15, -0.1) is 0 Å². The second-order valence-corrected chi connectivity index (χ2v) is 5.76. The minimum Gasteiger partial charge on any atom is -0.393 e. The molecule has 1 fully saturated rings. The number of carbonyl (C=O) groups excluding carboxylic acids is 1. The molecular formula is C14H27NO2. The molecule has 2 N–H and O–H groups in total. The Balaban J connectivity index is 2.27. The first-order valence-electron chi connectivity index (χ1n) is 6.98. The maximum absolute atomic E-state index is 12.0. The van der Waals surface area contributed by atoms with Crippen molar-refractivity contribution >= 4 is 5.91 Å². The predicted octanol–water partition coefficient (Wildman–Crippen LogP) is 2.34. The molecule has 0 aliphatic heterocycles. The second-order valence-electron chi connectivity index (χ2n) is 5.76. The van der Waals surface area contributed by atoms with Crippen LogP contribution in [0.3, 0.4) is 0 Å². The molecule has 3 nitrogen and oxygen atoms in total. The Labute approximate surface area is 105 Å². The zero-order valence-corrected chi connectivity index (χ0v) is 11.4. The smallest absolute Gasteiger partial charge is 0.223 e. The highest BCUT2D eigenvalue weighted by Gasteiger charge is 2.28. The van der Waals surface area contributed by atoms with Crippen LogP contribution in [0, 0.1) is 17.8 Å². The van der Waals surface area contributed by atoms with Gasteiger partial charge >= 0.3 is 0 Å². The van der Waals surface area contributed by atoms with Crippen LogP contribution in [0.25, 0.3) is 0 Å². The van der Waals surface area contributed by atoms with Gasteiger partial charge in [-0.3, -0.25) is 4.79 Å². The fourth-order valence-corrected chi connectivity index (χ4v) is 2.87. The monoisotopic (exact) mass is 241 g/mol. The van der Waals surface area contributed by atoms with E-state index >= 15 is 0 Å². The molecule has 1 aliphatic carbocycles. The maximum Gasteiger partial charge on any atom is 0.223 e. The third-order valence-electron chi connectivity index (χ3n) is 3.80. The molecule has 0 aromatic carbocycles. The Kier molecular flexibility index (Phi) is 5.96. The van der Waals surface area contributed by atoms with Crippen LogP contribution in [0.4, 0.5) is 0 Å². The highest BCUT2D eigenvalue weighted by molar-refractivity contribution is 5.78. The van der Waals surface area contributed by atoms with Crippen molar-refractivity contribution in [3.05, 3.63) is 0 Å². The van der Waals surface area contributed by atoms with Gasteiger partial charge in [0.15, 0.2) is 0 Å². The summed E-state index contributed by atoms with van der Waals surface area (Å²) in [5.41, 5.74) is 0. The van der Waals surface area contributed by atoms with Crippen molar-refractivity contribution in [3.8, 4) is 0 Å². The summed E-state index contributed by atoms with van der Waals surface area (Å²) in [6, 6.07) is 0. The topological polar surface area (TPSA) is 49.3 Å². The van der Waals surface area contributed by atoms with E-state index in [1.165, 1.54) is 6.42 Å². The molecule has 0 bridgehead atoms. The van der Waals surface area contributed by atoms with Crippen molar-refractivity contribution in [2.75, 3.05) is 6.54 Å². The molecule has 0 radical (unpaired) electrons. The van der Waals surface area contributed by atoms with Gasteiger partial charge in [0.05, 0.1) is 6.10 Å². The molecule has 1 aliphatic rings. The fraction of sp³-hybridized carbons (Fsp3) is 0.929. The van der Waals surface area contributed by atoms with E-state index in [-0.39, 0.29) is 17.9 Å². The lowest BCUT2D eigenvalue weighted by molar-refractivity contribution is -0.127. The second kappa shape index (κ2) is 7.00. The number of rotatable bonds is 5. The highest BCUT2D eigenvalue weighted by Crippen LogP contribution is 2.32. The van der Waals surface area contributed by atoms with Crippen molar-refractivity contribution < 1.29 is 9.90 Å². The third-order valence-corrected chi connectivity index (χ3v) is 3.80. The van der Waals surface area contributed by atoms with Crippen LogP contribution in [0.1, 0.15) is 52.9 Å². The molecular weight excluding hydrogens is 214 g/mol. The summed E-state index contributed by atoms with van der Waals surface area (Å²) in [5.74, 6) is 1.70. The number of amides is 1. The first-order chi connectivity index (χ1) is 8.02. The van der Waals surface area contributed by atoms with Gasteiger partial charge in [-0.1, -0.05) is 20.8 Å². The molecule has 0 spiro atoms. The van der Waals surface area contributed by atoms with E-state index in [0.717, 1.165) is 19.3 Å². The van der Waals surface area contributed by atoms with Crippen molar-refractivity contribution in [2.45, 2.75) is 59.0 Å². The number of hydrogen-bond donors (Lipinski definition) is 2. The molecule has 0 aromatic rings. The molecule has 17 heavy (non-hydrogen) atoms. The number of aliphatic hydroxyl groups is 1. The van der Waals surface area contributed by atoms with E-state index in [9.17, 15) is 9.90 Å². The SMILES string of the molecule is CCC(O)CCNC(=O)C1CC(C)CC(C)C1. The predicted molar refractivity (Wildman–Crippen MR) is 69.6 cm³/mol. The van der Waals surface area contributed by atoms with Crippen molar-refractivity contribution in [1.82, 2.24) is 5.32 Å². The molecule has 100 valence electrons. The van der Waals surface area contributed by atoms with Gasteiger partial charge in [0.1, 0.15) is 0 Å². The van der Waals surface area contributed by atoms with E-state index in [4.69, 9.17) is 0 Å². The normalized spacial score (nSPS) is 30.9. The Morgan fingerprint density at radius 3 is 2.41 bits per heavy atom. The van der Waals surface area contributed by atoms with Crippen molar-refractivity contribution in [3.63, 3.8) is 0 Å². The maximum atomic E-state index is 12.0. The minimum absolute atomic E-state index is 0.187. The van der Waals surface area contributed by atoms with E-state index < -0.39 is 0 Å². The average molecular weight is 241 g/mol. The van der Waals surface area contributed by atoms with Crippen LogP contribution in [0.15, 0.2) is 0 Å². The average Bonchev–Trinajstić information content (AvgIpc) is 2.27. The van der Waals surface area contributed by atoms with Crippen molar-refractivity contribution in [1.29, 1.82) is 0 Å². The Bertz CT molecular complexity index is 232. The van der Waals surface area contributed by atoms with Gasteiger partial charge in [0.2, 0.25) is 5.91 Å². The lowest BCUT2D eigenvalue weighted by atomic mass is 9.76. The molecule has 0 aromatic heterocycles. The lowest BCUT2D eigenvalue weighted by Crippen LogP contribution is -2.36. The Hall–Kier alpha value is -0.570. The number of nitrogens with one attached hydrogen (secondary N) is 1. The van der Waals surface area contributed by atoms with E-state index in [1.807, 2.05) is 6.92 Å². The molecule has 0 saturated heterocycles. The van der Waals surface area contributed by atoms with Crippen LogP contribution in [-0.4, -0.2) is 23.7 Å². The van der Waals surface area contributed by atoms with Gasteiger partial charge in [-0.05, 0) is 43.9 Å². The van der Waals surface area contributed by atoms with Crippen LogP contribution in [-0.2, 0) is 4.79 Å². The third kappa shape index (κ3) is 5.07. The van der Waals surface area contributed by atoms with Crippen LogP contribution in [0.5, 0.6) is 0 Å². The van der Waals surface area contributed by atoms with Gasteiger partial charge in [-0.2, -0.15) is 0 Å². The van der Waals surface area contributed by atoms with Crippen LogP contribution in [0.2, 0.25) is 0 Å². The molecule has 1 rings (SSSR count). The lowest BCUT2D eigenvalue weighted by Gasteiger charge is -2.30. The fourth-order valence-electron chi connectivity index (χ4n) is 2.87. The van der Waals surface area contributed by atoms with Crippen molar-refractivity contribution in [2.24, 2.45) is 17.8 Å². The van der Waals surface area contributed by atoms with E-state index in [0.29, 0.717) is 24.8 Å². The molecule has 0 heterocycles. The molecule has 3 heteroatoms. The first kappa shape index (κ1) is 14.5. The molecule has 3 atom stereocenters. The van der Waals surface area contributed by atoms with E-state index in [2.05, 4.69) is 19.2 Å². The molecule has 1 saturated carbocycles. The summed E-state index contributed by atoms with van der Waals surface area (Å²) in [6.07, 6.45) is 4.43. The first-order valence-corrected chi connectivity index (χ1v) is 6.98. The van der Waals surface area contributed by atoms with Gasteiger partial charge in [0, 0.05) is 12.5 Å².